The first-order valence-electron chi connectivity index (χ1n) is 8.14. The Hall–Kier alpha value is -1.47. The minimum Gasteiger partial charge on any atom is -0.317 e. The van der Waals surface area contributed by atoms with Crippen molar-refractivity contribution in [3.05, 3.63) is 34.7 Å². The molecule has 4 rings (SSSR count). The highest BCUT2D eigenvalue weighted by Gasteiger charge is 2.26. The summed E-state index contributed by atoms with van der Waals surface area (Å²) in [4.78, 5) is 20.5. The molecule has 1 aliphatic heterocycles. The topological polar surface area (TPSA) is 45.2 Å². The number of halogens is 1. The number of para-hydroxylation sites is 1. The Labute approximate surface area is 161 Å². The molecule has 0 radical (unpaired) electrons. The Kier molecular flexibility index (Phi) is 5.43. The van der Waals surface area contributed by atoms with E-state index >= 15 is 0 Å². The highest BCUT2D eigenvalue weighted by Crippen LogP contribution is 2.45. The number of nitrogens with zero attached hydrogens (tertiary/aromatic N) is 2. The third kappa shape index (κ3) is 3.44. The molecule has 0 bridgehead atoms. The number of thiophene rings is 1. The lowest BCUT2D eigenvalue weighted by Gasteiger charge is -2.22. The van der Waals surface area contributed by atoms with Crippen LogP contribution in [-0.2, 0) is 17.8 Å². The van der Waals surface area contributed by atoms with E-state index in [1.54, 1.807) is 22.7 Å². The van der Waals surface area contributed by atoms with Crippen molar-refractivity contribution in [1.29, 1.82) is 0 Å². The second-order valence-electron chi connectivity index (χ2n) is 6.08. The van der Waals surface area contributed by atoms with Crippen LogP contribution in [0.3, 0.4) is 0 Å². The van der Waals surface area contributed by atoms with Gasteiger partial charge in [0.2, 0.25) is 5.91 Å². The highest BCUT2D eigenvalue weighted by molar-refractivity contribution is 7.22. The van der Waals surface area contributed by atoms with Crippen LogP contribution in [0.4, 0.5) is 5.00 Å². The number of fused-ring (bicyclic) bond motifs is 2. The molecule has 0 saturated carbocycles. The van der Waals surface area contributed by atoms with Gasteiger partial charge in [-0.3, -0.25) is 4.79 Å². The van der Waals surface area contributed by atoms with Gasteiger partial charge in [-0.25, -0.2) is 4.98 Å². The molecule has 1 N–H and O–H groups in total. The Morgan fingerprint density at radius 1 is 1.32 bits per heavy atom. The molecule has 2 aromatic heterocycles. The normalized spacial score (nSPS) is 14.2. The molecular weight excluding hydrogens is 374 g/mol. The largest absolute Gasteiger partial charge is 0.317 e. The number of nitrogens with one attached hydrogen (secondary N) is 1. The van der Waals surface area contributed by atoms with Gasteiger partial charge in [0.15, 0.2) is 0 Å². The molecule has 0 saturated heterocycles. The van der Waals surface area contributed by atoms with Crippen molar-refractivity contribution >= 4 is 56.2 Å². The molecule has 0 aliphatic carbocycles. The van der Waals surface area contributed by atoms with Gasteiger partial charge in [0.25, 0.3) is 0 Å². The third-order valence-electron chi connectivity index (χ3n) is 4.33. The van der Waals surface area contributed by atoms with Gasteiger partial charge in [-0.2, -0.15) is 0 Å². The molecule has 132 valence electrons. The van der Waals surface area contributed by atoms with Gasteiger partial charge in [0, 0.05) is 30.0 Å². The Morgan fingerprint density at radius 3 is 2.88 bits per heavy atom. The van der Waals surface area contributed by atoms with E-state index in [9.17, 15) is 4.79 Å². The number of benzene rings is 1. The van der Waals surface area contributed by atoms with Gasteiger partial charge in [-0.05, 0) is 31.2 Å². The summed E-state index contributed by atoms with van der Waals surface area (Å²) < 4.78 is 1.19. The van der Waals surface area contributed by atoms with Crippen LogP contribution in [0, 0.1) is 0 Å². The van der Waals surface area contributed by atoms with Gasteiger partial charge in [-0.15, -0.1) is 35.1 Å². The Morgan fingerprint density at radius 2 is 2.12 bits per heavy atom. The first-order valence-corrected chi connectivity index (χ1v) is 9.78. The van der Waals surface area contributed by atoms with Gasteiger partial charge in [-0.1, -0.05) is 19.1 Å². The number of aromatic nitrogens is 1. The predicted molar refractivity (Wildman–Crippen MR) is 109 cm³/mol. The number of amides is 1. The zero-order valence-electron chi connectivity index (χ0n) is 14.2. The summed E-state index contributed by atoms with van der Waals surface area (Å²) in [5, 5.41) is 5.08. The Balaban J connectivity index is 0.00000182. The fraction of sp³-hybridized carbons (Fsp3) is 0.333. The van der Waals surface area contributed by atoms with Gasteiger partial charge >= 0.3 is 0 Å². The maximum atomic E-state index is 12.0. The lowest BCUT2D eigenvalue weighted by Crippen LogP contribution is -2.25. The number of hydrogen-bond donors (Lipinski definition) is 1. The summed E-state index contributed by atoms with van der Waals surface area (Å²) in [5.41, 5.74) is 3.54. The number of thiazole rings is 1. The van der Waals surface area contributed by atoms with E-state index in [1.807, 2.05) is 25.1 Å². The number of carbonyl (C=O) groups excluding carboxylic acids is 1. The smallest absolute Gasteiger partial charge is 0.224 e. The second-order valence-corrected chi connectivity index (χ2v) is 8.22. The van der Waals surface area contributed by atoms with Crippen molar-refractivity contribution in [3.8, 4) is 10.6 Å². The van der Waals surface area contributed by atoms with E-state index in [4.69, 9.17) is 4.98 Å². The van der Waals surface area contributed by atoms with Crippen molar-refractivity contribution in [2.45, 2.75) is 26.3 Å². The van der Waals surface area contributed by atoms with Gasteiger partial charge < -0.3 is 10.2 Å². The lowest BCUT2D eigenvalue weighted by molar-refractivity contribution is -0.115. The minimum absolute atomic E-state index is 0. The summed E-state index contributed by atoms with van der Waals surface area (Å²) in [6.07, 6.45) is 1.50. The standard InChI is InChI=1S/C18H19N3OS2.ClH/c1-3-15(22)20-18-16(11-8-9-21(2)10-14(11)24-18)17-19-12-6-4-5-7-13(12)23-17;/h4-7H,3,8-10H2,1-2H3,(H,20,22);1H. The van der Waals surface area contributed by atoms with Crippen molar-refractivity contribution in [1.82, 2.24) is 9.88 Å². The molecule has 3 heterocycles. The van der Waals surface area contributed by atoms with Crippen LogP contribution in [0.2, 0.25) is 0 Å². The van der Waals surface area contributed by atoms with E-state index < -0.39 is 0 Å². The number of likely N-dealkylation sites (N-methyl/N-ethyl adjacent to an activating group) is 1. The number of anilines is 1. The zero-order chi connectivity index (χ0) is 16.7. The number of rotatable bonds is 3. The molecule has 0 unspecified atom stereocenters. The Bertz CT molecular complexity index is 885. The van der Waals surface area contributed by atoms with Crippen LogP contribution in [0.15, 0.2) is 24.3 Å². The molecule has 1 aliphatic rings. The number of hydrogen-bond acceptors (Lipinski definition) is 5. The lowest BCUT2D eigenvalue weighted by atomic mass is 10.0. The molecule has 7 heteroatoms. The van der Waals surface area contributed by atoms with Crippen LogP contribution in [0.1, 0.15) is 23.8 Å². The first kappa shape index (κ1) is 18.3. The summed E-state index contributed by atoms with van der Waals surface area (Å²) >= 11 is 3.42. The average Bonchev–Trinajstić information content (AvgIpc) is 3.14. The predicted octanol–water partition coefficient (Wildman–Crippen LogP) is 4.78. The van der Waals surface area contributed by atoms with Crippen molar-refractivity contribution in [2.75, 3.05) is 18.9 Å². The zero-order valence-corrected chi connectivity index (χ0v) is 16.6. The van der Waals surface area contributed by atoms with Gasteiger partial charge in [0.1, 0.15) is 10.0 Å². The maximum absolute atomic E-state index is 12.0. The van der Waals surface area contributed by atoms with E-state index in [2.05, 4.69) is 23.3 Å². The first-order chi connectivity index (χ1) is 11.7. The molecular formula is C18H20ClN3OS2. The van der Waals surface area contributed by atoms with Crippen molar-refractivity contribution < 1.29 is 4.79 Å². The SMILES string of the molecule is CCC(=O)Nc1sc2c(c1-c1nc3ccccc3s1)CCN(C)C2.Cl. The van der Waals surface area contributed by atoms with Crippen LogP contribution in [0.5, 0.6) is 0 Å². The fourth-order valence-corrected chi connectivity index (χ4v) is 5.49. The summed E-state index contributed by atoms with van der Waals surface area (Å²) in [6, 6.07) is 8.21. The summed E-state index contributed by atoms with van der Waals surface area (Å²) in [6.45, 7) is 3.87. The second kappa shape index (κ2) is 7.41. The summed E-state index contributed by atoms with van der Waals surface area (Å²) in [5.74, 6) is 0.0595. The molecule has 1 amide bonds. The van der Waals surface area contributed by atoms with Crippen molar-refractivity contribution in [2.24, 2.45) is 0 Å². The molecule has 0 atom stereocenters. The fourth-order valence-electron chi connectivity index (χ4n) is 3.04. The highest BCUT2D eigenvalue weighted by atomic mass is 35.5. The monoisotopic (exact) mass is 393 g/mol. The number of carbonyl (C=O) groups is 1. The molecule has 0 fully saturated rings. The van der Waals surface area contributed by atoms with E-state index in [0.717, 1.165) is 40.6 Å². The third-order valence-corrected chi connectivity index (χ3v) is 6.52. The molecule has 4 nitrogen and oxygen atoms in total. The maximum Gasteiger partial charge on any atom is 0.224 e. The molecule has 3 aromatic rings. The van der Waals surface area contributed by atoms with Gasteiger partial charge in [0.05, 0.1) is 10.2 Å². The van der Waals surface area contributed by atoms with E-state index in [-0.39, 0.29) is 18.3 Å². The van der Waals surface area contributed by atoms with Crippen LogP contribution >= 0.6 is 35.1 Å². The summed E-state index contributed by atoms with van der Waals surface area (Å²) in [7, 11) is 2.14. The minimum atomic E-state index is 0. The van der Waals surface area contributed by atoms with Crippen molar-refractivity contribution in [3.63, 3.8) is 0 Å². The van der Waals surface area contributed by atoms with E-state index in [0.29, 0.717) is 6.42 Å². The van der Waals surface area contributed by atoms with Crippen LogP contribution in [0.25, 0.3) is 20.8 Å². The molecule has 1 aromatic carbocycles. The molecule has 0 spiro atoms. The average molecular weight is 394 g/mol. The van der Waals surface area contributed by atoms with Crippen LogP contribution in [-0.4, -0.2) is 29.4 Å². The van der Waals surface area contributed by atoms with E-state index in [1.165, 1.54) is 15.1 Å². The quantitative estimate of drug-likeness (QED) is 0.696. The molecule has 25 heavy (non-hydrogen) atoms. The van der Waals surface area contributed by atoms with Crippen LogP contribution < -0.4 is 5.32 Å².